The van der Waals surface area contributed by atoms with E-state index in [0.717, 1.165) is 29.0 Å². The van der Waals surface area contributed by atoms with Gasteiger partial charge in [0.25, 0.3) is 0 Å². The van der Waals surface area contributed by atoms with E-state index in [2.05, 4.69) is 64.1 Å². The van der Waals surface area contributed by atoms with Gasteiger partial charge < -0.3 is 5.11 Å². The number of aromatic hydroxyl groups is 1. The van der Waals surface area contributed by atoms with Crippen LogP contribution in [0.2, 0.25) is 0 Å². The van der Waals surface area contributed by atoms with Crippen LogP contribution in [0.25, 0.3) is 0 Å². The van der Waals surface area contributed by atoms with Crippen LogP contribution in [-0.2, 0) is 26.3 Å². The maximum atomic E-state index is 11.1. The molecule has 0 bridgehead atoms. The third-order valence-corrected chi connectivity index (χ3v) is 6.66. The molecule has 2 aromatic rings. The SMILES string of the molecule is Cc1ccc(C(C)(C)c2ccccc2)c(O)c1C=NC1CCCC(C)C1C.[Cl][Zr][Cl]. The molecule has 162 valence electrons. The molecular weight excluding hydrogens is 492 g/mol. The van der Waals surface area contributed by atoms with Gasteiger partial charge in [-0.2, -0.15) is 0 Å². The number of aryl methyl sites for hydroxylation is 1. The molecule has 1 saturated carbocycles. The van der Waals surface area contributed by atoms with Crippen molar-refractivity contribution < 1.29 is 26.0 Å². The Bertz CT molecular complexity index is 839. The Balaban J connectivity index is 0.00000101. The van der Waals surface area contributed by atoms with Gasteiger partial charge in [-0.15, -0.1) is 0 Å². The van der Waals surface area contributed by atoms with Crippen LogP contribution in [-0.4, -0.2) is 17.4 Å². The second-order valence-corrected chi connectivity index (χ2v) is 12.6. The Morgan fingerprint density at radius 2 is 1.70 bits per heavy atom. The first-order valence-electron chi connectivity index (χ1n) is 10.6. The fourth-order valence-corrected chi connectivity index (χ4v) is 4.32. The standard InChI is InChI=1S/C25H33NO.2ClH.Zr/c1-17-10-9-13-23(19(17)3)26-16-21-18(2)14-15-22(24(21)27)25(4,5)20-11-7-6-8-12-20;;;/h6-8,11-12,14-17,19,23,27H,9-10,13H2,1-5H3;2*1H;/q;;;+2/p-2. The molecular formula is C25H33Cl2NOZr. The number of hydrogen-bond donors (Lipinski definition) is 1. The first-order chi connectivity index (χ1) is 14.2. The minimum atomic E-state index is -0.826. The van der Waals surface area contributed by atoms with Gasteiger partial charge in [0.1, 0.15) is 5.75 Å². The molecule has 0 spiro atoms. The number of benzene rings is 2. The van der Waals surface area contributed by atoms with E-state index >= 15 is 0 Å². The van der Waals surface area contributed by atoms with Crippen LogP contribution in [0.1, 0.15) is 69.2 Å². The van der Waals surface area contributed by atoms with Gasteiger partial charge in [0.2, 0.25) is 0 Å². The third-order valence-electron chi connectivity index (χ3n) is 6.66. The van der Waals surface area contributed by atoms with E-state index in [9.17, 15) is 5.11 Å². The van der Waals surface area contributed by atoms with Crippen molar-refractivity contribution in [3.8, 4) is 5.75 Å². The topological polar surface area (TPSA) is 32.6 Å². The Hall–Kier alpha value is -0.627. The Morgan fingerprint density at radius 1 is 1.07 bits per heavy atom. The van der Waals surface area contributed by atoms with Crippen molar-refractivity contribution in [1.29, 1.82) is 0 Å². The molecule has 0 aliphatic heterocycles. The molecule has 5 heteroatoms. The van der Waals surface area contributed by atoms with E-state index in [1.165, 1.54) is 18.4 Å². The number of nitrogens with zero attached hydrogens (tertiary/aromatic N) is 1. The van der Waals surface area contributed by atoms with Gasteiger partial charge in [-0.1, -0.05) is 83.0 Å². The Morgan fingerprint density at radius 3 is 2.33 bits per heavy atom. The third kappa shape index (κ3) is 6.21. The number of hydrogen-bond acceptors (Lipinski definition) is 2. The predicted molar refractivity (Wildman–Crippen MR) is 127 cm³/mol. The summed E-state index contributed by atoms with van der Waals surface area (Å²) in [7, 11) is 9.87. The molecule has 0 heterocycles. The minimum absolute atomic E-state index is 0.270. The number of phenols is 1. The van der Waals surface area contributed by atoms with Crippen molar-refractivity contribution in [2.45, 2.75) is 65.3 Å². The van der Waals surface area contributed by atoms with Crippen molar-refractivity contribution in [3.63, 3.8) is 0 Å². The van der Waals surface area contributed by atoms with Gasteiger partial charge in [-0.25, -0.2) is 0 Å². The van der Waals surface area contributed by atoms with Gasteiger partial charge in [-0.05, 0) is 36.3 Å². The summed E-state index contributed by atoms with van der Waals surface area (Å²) in [5.41, 5.74) is 3.81. The summed E-state index contributed by atoms with van der Waals surface area (Å²) in [5.74, 6) is 1.68. The van der Waals surface area contributed by atoms with Gasteiger partial charge >= 0.3 is 37.9 Å². The second kappa shape index (κ2) is 11.8. The van der Waals surface area contributed by atoms with Gasteiger partial charge in [0, 0.05) is 22.8 Å². The Kier molecular flexibility index (Phi) is 10.1. The van der Waals surface area contributed by atoms with Crippen molar-refractivity contribution >= 4 is 23.2 Å². The summed E-state index contributed by atoms with van der Waals surface area (Å²) >= 11 is -0.826. The van der Waals surface area contributed by atoms with E-state index in [4.69, 9.17) is 22.0 Å². The molecule has 0 amide bonds. The summed E-state index contributed by atoms with van der Waals surface area (Å²) < 4.78 is 0. The fraction of sp³-hybridized carbons (Fsp3) is 0.480. The Labute approximate surface area is 200 Å². The van der Waals surface area contributed by atoms with Crippen LogP contribution >= 0.6 is 17.0 Å². The zero-order chi connectivity index (χ0) is 22.3. The van der Waals surface area contributed by atoms with Crippen molar-refractivity contribution in [3.05, 3.63) is 64.7 Å². The van der Waals surface area contributed by atoms with Gasteiger partial charge in [0.05, 0.1) is 6.04 Å². The number of aliphatic imine (C=N–C) groups is 1. The van der Waals surface area contributed by atoms with Gasteiger partial charge in [-0.3, -0.25) is 4.99 Å². The van der Waals surface area contributed by atoms with E-state index in [0.29, 0.717) is 17.7 Å². The van der Waals surface area contributed by atoms with Crippen molar-refractivity contribution in [1.82, 2.24) is 0 Å². The normalized spacial score (nSPS) is 21.8. The zero-order valence-electron chi connectivity index (χ0n) is 18.6. The van der Waals surface area contributed by atoms with Crippen LogP contribution in [0.3, 0.4) is 0 Å². The van der Waals surface area contributed by atoms with Crippen LogP contribution in [0.4, 0.5) is 0 Å². The van der Waals surface area contributed by atoms with Crippen LogP contribution in [0, 0.1) is 18.8 Å². The summed E-state index contributed by atoms with van der Waals surface area (Å²) in [6.07, 6.45) is 5.63. The number of rotatable bonds is 4. The summed E-state index contributed by atoms with van der Waals surface area (Å²) in [6, 6.07) is 14.9. The van der Waals surface area contributed by atoms with Crippen molar-refractivity contribution in [2.75, 3.05) is 0 Å². The number of phenolic OH excluding ortho intramolecular Hbond substituents is 1. The monoisotopic (exact) mass is 523 g/mol. The first kappa shape index (κ1) is 25.6. The maximum absolute atomic E-state index is 11.1. The molecule has 1 aliphatic rings. The fourth-order valence-electron chi connectivity index (χ4n) is 4.32. The average Bonchev–Trinajstić information content (AvgIpc) is 2.72. The van der Waals surface area contributed by atoms with Crippen LogP contribution in [0.5, 0.6) is 5.75 Å². The molecule has 1 aliphatic carbocycles. The molecule has 3 unspecified atom stereocenters. The summed E-state index contributed by atoms with van der Waals surface area (Å²) in [6.45, 7) is 11.0. The molecule has 3 rings (SSSR count). The summed E-state index contributed by atoms with van der Waals surface area (Å²) in [4.78, 5) is 4.92. The molecule has 30 heavy (non-hydrogen) atoms. The second-order valence-electron chi connectivity index (χ2n) is 8.87. The van der Waals surface area contributed by atoms with E-state index < -0.39 is 20.8 Å². The molecule has 1 N–H and O–H groups in total. The van der Waals surface area contributed by atoms with E-state index in [1.807, 2.05) is 19.2 Å². The molecule has 2 aromatic carbocycles. The van der Waals surface area contributed by atoms with Crippen molar-refractivity contribution in [2.24, 2.45) is 16.8 Å². The zero-order valence-corrected chi connectivity index (χ0v) is 22.6. The predicted octanol–water partition coefficient (Wildman–Crippen LogP) is 7.65. The molecule has 0 radical (unpaired) electrons. The van der Waals surface area contributed by atoms with Crippen LogP contribution in [0.15, 0.2) is 47.5 Å². The van der Waals surface area contributed by atoms with Crippen LogP contribution < -0.4 is 0 Å². The quantitative estimate of drug-likeness (QED) is 0.409. The molecule has 3 atom stereocenters. The summed E-state index contributed by atoms with van der Waals surface area (Å²) in [5, 5.41) is 11.1. The molecule has 0 aromatic heterocycles. The molecule has 0 saturated heterocycles. The average molecular weight is 526 g/mol. The van der Waals surface area contributed by atoms with E-state index in [1.54, 1.807) is 0 Å². The first-order valence-corrected chi connectivity index (χ1v) is 16.9. The number of halogens is 2. The van der Waals surface area contributed by atoms with E-state index in [-0.39, 0.29) is 5.41 Å². The van der Waals surface area contributed by atoms with Gasteiger partial charge in [0.15, 0.2) is 0 Å². The molecule has 1 fully saturated rings. The molecule has 2 nitrogen and oxygen atoms in total.